The van der Waals surface area contributed by atoms with Crippen LogP contribution in [0.1, 0.15) is 48.0 Å². The first-order valence-corrected chi connectivity index (χ1v) is 7.99. The van der Waals surface area contributed by atoms with Crippen LogP contribution < -0.4 is 10.1 Å². The molecular weight excluding hydrogens is 304 g/mol. The molecular formula is C18H20N4O2. The third kappa shape index (κ3) is 3.69. The number of aryl methyl sites for hydroxylation is 1. The van der Waals surface area contributed by atoms with Gasteiger partial charge in [0.2, 0.25) is 0 Å². The summed E-state index contributed by atoms with van der Waals surface area (Å²) in [5.74, 6) is 0.431. The molecule has 0 bridgehead atoms. The smallest absolute Gasteiger partial charge is 0.257 e. The Hall–Kier alpha value is -2.94. The summed E-state index contributed by atoms with van der Waals surface area (Å²) in [5, 5.41) is 20.4. The molecule has 0 spiro atoms. The van der Waals surface area contributed by atoms with E-state index in [1.54, 1.807) is 24.3 Å². The molecule has 0 aliphatic heterocycles. The minimum absolute atomic E-state index is 0.166. The first kappa shape index (κ1) is 17.4. The number of benzene rings is 1. The number of nitriles is 1. The van der Waals surface area contributed by atoms with Crippen molar-refractivity contribution in [3.8, 4) is 17.7 Å². The summed E-state index contributed by atoms with van der Waals surface area (Å²) in [6.45, 7) is 6.35. The first-order valence-electron chi connectivity index (χ1n) is 7.99. The average Bonchev–Trinajstić information content (AvgIpc) is 2.61. The normalized spacial score (nSPS) is 10.1. The third-order valence-electron chi connectivity index (χ3n) is 3.57. The summed E-state index contributed by atoms with van der Waals surface area (Å²) < 4.78 is 5.74. The van der Waals surface area contributed by atoms with Crippen LogP contribution in [0.25, 0.3) is 0 Å². The van der Waals surface area contributed by atoms with E-state index in [0.717, 1.165) is 11.3 Å². The van der Waals surface area contributed by atoms with E-state index in [1.165, 1.54) is 0 Å². The summed E-state index contributed by atoms with van der Waals surface area (Å²) in [4.78, 5) is 11.9. The molecule has 24 heavy (non-hydrogen) atoms. The van der Waals surface area contributed by atoms with Crippen molar-refractivity contribution in [2.24, 2.45) is 0 Å². The monoisotopic (exact) mass is 324 g/mol. The van der Waals surface area contributed by atoms with Gasteiger partial charge in [0.05, 0.1) is 5.69 Å². The molecule has 0 fully saturated rings. The Labute approximate surface area is 141 Å². The molecule has 1 amide bonds. The quantitative estimate of drug-likeness (QED) is 0.882. The van der Waals surface area contributed by atoms with Crippen LogP contribution in [0.2, 0.25) is 0 Å². The van der Waals surface area contributed by atoms with Gasteiger partial charge in [-0.25, -0.2) is 0 Å². The molecule has 6 heteroatoms. The number of nitrogens with zero attached hydrogens (tertiary/aromatic N) is 3. The van der Waals surface area contributed by atoms with Crippen LogP contribution in [-0.2, 0) is 12.8 Å². The van der Waals surface area contributed by atoms with Gasteiger partial charge in [0.15, 0.2) is 0 Å². The first-order chi connectivity index (χ1) is 11.6. The molecule has 1 N–H and O–H groups in total. The fourth-order valence-electron chi connectivity index (χ4n) is 2.42. The molecule has 1 aromatic carbocycles. The molecule has 0 saturated heterocycles. The fraction of sp³-hybridized carbons (Fsp3) is 0.333. The number of rotatable bonds is 6. The Morgan fingerprint density at radius 1 is 1.25 bits per heavy atom. The zero-order chi connectivity index (χ0) is 17.5. The average molecular weight is 324 g/mol. The van der Waals surface area contributed by atoms with Gasteiger partial charge in [0.1, 0.15) is 17.4 Å². The zero-order valence-corrected chi connectivity index (χ0v) is 14.1. The molecule has 2 aromatic rings. The molecule has 0 atom stereocenters. The largest absolute Gasteiger partial charge is 0.437 e. The highest BCUT2D eigenvalue weighted by molar-refractivity contribution is 5.94. The highest BCUT2D eigenvalue weighted by atomic mass is 16.5. The van der Waals surface area contributed by atoms with Crippen LogP contribution >= 0.6 is 0 Å². The van der Waals surface area contributed by atoms with E-state index >= 15 is 0 Å². The Morgan fingerprint density at radius 3 is 2.67 bits per heavy atom. The van der Waals surface area contributed by atoms with Gasteiger partial charge < -0.3 is 10.1 Å². The van der Waals surface area contributed by atoms with Crippen molar-refractivity contribution >= 4 is 5.91 Å². The second-order valence-electron chi connectivity index (χ2n) is 5.11. The minimum atomic E-state index is -0.176. The summed E-state index contributed by atoms with van der Waals surface area (Å²) in [6, 6.07) is 8.92. The molecule has 1 aromatic heterocycles. The van der Waals surface area contributed by atoms with Crippen LogP contribution in [0.3, 0.4) is 0 Å². The minimum Gasteiger partial charge on any atom is -0.437 e. The number of hydrogen-bond acceptors (Lipinski definition) is 5. The highest BCUT2D eigenvalue weighted by Crippen LogP contribution is 2.27. The molecule has 124 valence electrons. The van der Waals surface area contributed by atoms with Gasteiger partial charge in [0.25, 0.3) is 11.8 Å². The van der Waals surface area contributed by atoms with Crippen molar-refractivity contribution in [3.05, 3.63) is 46.6 Å². The molecule has 0 aliphatic carbocycles. The van der Waals surface area contributed by atoms with Gasteiger partial charge in [-0.15, -0.1) is 5.10 Å². The molecule has 6 nitrogen and oxygen atoms in total. The van der Waals surface area contributed by atoms with E-state index in [4.69, 9.17) is 4.74 Å². The maximum Gasteiger partial charge on any atom is 0.257 e. The predicted molar refractivity (Wildman–Crippen MR) is 90.0 cm³/mol. The van der Waals surface area contributed by atoms with Crippen molar-refractivity contribution in [1.82, 2.24) is 15.5 Å². The Balaban J connectivity index is 2.37. The standard InChI is InChI=1S/C18H20N4O2/c1-4-14-15(11-19)18(22-21-16(14)5-2)24-13-9-7-8-12(10-13)17(23)20-6-3/h7-10H,4-6H2,1-3H3,(H,20,23). The van der Waals surface area contributed by atoms with Crippen molar-refractivity contribution in [2.45, 2.75) is 33.6 Å². The number of hydrogen-bond donors (Lipinski definition) is 1. The van der Waals surface area contributed by atoms with Gasteiger partial charge in [-0.2, -0.15) is 10.4 Å². The Morgan fingerprint density at radius 2 is 2.04 bits per heavy atom. The van der Waals surface area contributed by atoms with Crippen LogP contribution in [0.15, 0.2) is 24.3 Å². The van der Waals surface area contributed by atoms with Gasteiger partial charge >= 0.3 is 0 Å². The van der Waals surface area contributed by atoms with Gasteiger partial charge in [-0.1, -0.05) is 19.9 Å². The van der Waals surface area contributed by atoms with E-state index in [2.05, 4.69) is 21.6 Å². The number of ether oxygens (including phenoxy) is 1. The topological polar surface area (TPSA) is 87.9 Å². The lowest BCUT2D eigenvalue weighted by molar-refractivity contribution is 0.0955. The zero-order valence-electron chi connectivity index (χ0n) is 14.1. The molecule has 0 saturated carbocycles. The number of amides is 1. The predicted octanol–water partition coefficient (Wildman–Crippen LogP) is 3.02. The molecule has 2 rings (SSSR count). The number of carbonyl (C=O) groups excluding carboxylic acids is 1. The molecule has 0 aliphatic rings. The van der Waals surface area contributed by atoms with E-state index in [1.807, 2.05) is 20.8 Å². The summed E-state index contributed by atoms with van der Waals surface area (Å²) in [6.07, 6.45) is 1.38. The van der Waals surface area contributed by atoms with Crippen molar-refractivity contribution < 1.29 is 9.53 Å². The number of carbonyl (C=O) groups is 1. The Kier molecular flexibility index (Phi) is 5.85. The van der Waals surface area contributed by atoms with E-state index in [9.17, 15) is 10.1 Å². The third-order valence-corrected chi connectivity index (χ3v) is 3.57. The lowest BCUT2D eigenvalue weighted by Gasteiger charge is -2.11. The number of nitrogens with one attached hydrogen (secondary N) is 1. The molecule has 1 heterocycles. The second kappa shape index (κ2) is 8.06. The summed E-state index contributed by atoms with van der Waals surface area (Å²) in [7, 11) is 0. The van der Waals surface area contributed by atoms with Gasteiger partial charge in [0, 0.05) is 12.1 Å². The van der Waals surface area contributed by atoms with Gasteiger partial charge in [-0.3, -0.25) is 4.79 Å². The van der Waals surface area contributed by atoms with E-state index in [-0.39, 0.29) is 11.8 Å². The second-order valence-corrected chi connectivity index (χ2v) is 5.11. The molecule has 0 radical (unpaired) electrons. The fourth-order valence-corrected chi connectivity index (χ4v) is 2.42. The van der Waals surface area contributed by atoms with Crippen molar-refractivity contribution in [3.63, 3.8) is 0 Å². The lowest BCUT2D eigenvalue weighted by Crippen LogP contribution is -2.22. The maximum absolute atomic E-state index is 11.9. The highest BCUT2D eigenvalue weighted by Gasteiger charge is 2.16. The summed E-state index contributed by atoms with van der Waals surface area (Å²) in [5.41, 5.74) is 2.54. The molecule has 0 unspecified atom stereocenters. The number of aromatic nitrogens is 2. The summed E-state index contributed by atoms with van der Waals surface area (Å²) >= 11 is 0. The van der Waals surface area contributed by atoms with Crippen molar-refractivity contribution in [2.75, 3.05) is 6.54 Å². The van der Waals surface area contributed by atoms with E-state index < -0.39 is 0 Å². The van der Waals surface area contributed by atoms with Gasteiger partial charge in [-0.05, 0) is 43.5 Å². The lowest BCUT2D eigenvalue weighted by atomic mass is 10.0. The van der Waals surface area contributed by atoms with E-state index in [0.29, 0.717) is 36.3 Å². The maximum atomic E-state index is 11.9. The van der Waals surface area contributed by atoms with Crippen LogP contribution in [-0.4, -0.2) is 22.6 Å². The van der Waals surface area contributed by atoms with Crippen molar-refractivity contribution in [1.29, 1.82) is 5.26 Å². The van der Waals surface area contributed by atoms with Crippen LogP contribution in [0.5, 0.6) is 11.6 Å². The Bertz CT molecular complexity index is 781. The van der Waals surface area contributed by atoms with Crippen LogP contribution in [0, 0.1) is 11.3 Å². The van der Waals surface area contributed by atoms with Crippen LogP contribution in [0.4, 0.5) is 0 Å². The SMILES string of the molecule is CCNC(=O)c1cccc(Oc2nnc(CC)c(CC)c2C#N)c1.